The molecule has 1 aromatic carbocycles. The number of nitrogens with zero attached hydrogens (tertiary/aromatic N) is 5. The van der Waals surface area contributed by atoms with Crippen molar-refractivity contribution < 1.29 is 4.79 Å². The van der Waals surface area contributed by atoms with Crippen LogP contribution in [0.25, 0.3) is 21.8 Å². The number of anilines is 1. The van der Waals surface area contributed by atoms with Crippen molar-refractivity contribution in [3.8, 4) is 0 Å². The third kappa shape index (κ3) is 4.41. The van der Waals surface area contributed by atoms with Crippen LogP contribution in [-0.4, -0.2) is 50.8 Å². The Morgan fingerprint density at radius 2 is 1.87 bits per heavy atom. The summed E-state index contributed by atoms with van der Waals surface area (Å²) in [6, 6.07) is 9.64. The number of amides is 1. The summed E-state index contributed by atoms with van der Waals surface area (Å²) in [6.07, 6.45) is 4.56. The second kappa shape index (κ2) is 10.3. The van der Waals surface area contributed by atoms with Crippen LogP contribution in [0.5, 0.6) is 0 Å². The standard InChI is InChI=1S/C28H33N7O3/c1-18(2)10-15-34-24-23(22(25(29)36)26(34)33-14-6-11-30-13-16-33)32(3)28(38)35(27(24)37)17-21-20-8-5-4-7-19(20)9-12-31-21/h4-5,7-10,12,30H,6,11,13-17H2,1-3H3,(H2,29,36). The lowest BCUT2D eigenvalue weighted by Crippen LogP contribution is -2.40. The Morgan fingerprint density at radius 1 is 1.08 bits per heavy atom. The number of benzene rings is 1. The van der Waals surface area contributed by atoms with Gasteiger partial charge in [-0.3, -0.25) is 23.7 Å². The predicted octanol–water partition coefficient (Wildman–Crippen LogP) is 1.96. The molecule has 0 spiro atoms. The first-order chi connectivity index (χ1) is 18.3. The molecule has 0 unspecified atom stereocenters. The zero-order valence-electron chi connectivity index (χ0n) is 22.0. The molecule has 10 heteroatoms. The van der Waals surface area contributed by atoms with Crippen LogP contribution in [0.2, 0.25) is 0 Å². The van der Waals surface area contributed by atoms with E-state index in [0.717, 1.165) is 35.9 Å². The van der Waals surface area contributed by atoms with Gasteiger partial charge in [0.05, 0.1) is 17.8 Å². The maximum Gasteiger partial charge on any atom is 0.331 e. The number of primary amides is 1. The van der Waals surface area contributed by atoms with Gasteiger partial charge in [0.25, 0.3) is 11.5 Å². The fourth-order valence-corrected chi connectivity index (χ4v) is 5.29. The molecule has 1 amide bonds. The average Bonchev–Trinajstić information content (AvgIpc) is 3.03. The van der Waals surface area contributed by atoms with Crippen molar-refractivity contribution in [1.29, 1.82) is 0 Å². The molecule has 10 nitrogen and oxygen atoms in total. The molecule has 0 bridgehead atoms. The van der Waals surface area contributed by atoms with E-state index in [0.29, 0.717) is 31.1 Å². The molecule has 0 aliphatic carbocycles. The van der Waals surface area contributed by atoms with E-state index in [4.69, 9.17) is 5.73 Å². The minimum atomic E-state index is -0.666. The molecule has 1 aliphatic heterocycles. The number of allylic oxidation sites excluding steroid dienone is 2. The van der Waals surface area contributed by atoms with Gasteiger partial charge in [0.1, 0.15) is 16.9 Å². The molecule has 0 radical (unpaired) electrons. The van der Waals surface area contributed by atoms with Gasteiger partial charge in [-0.15, -0.1) is 0 Å². The zero-order chi connectivity index (χ0) is 27.0. The summed E-state index contributed by atoms with van der Waals surface area (Å²) in [4.78, 5) is 47.3. The highest BCUT2D eigenvalue weighted by Gasteiger charge is 2.30. The van der Waals surface area contributed by atoms with E-state index in [2.05, 4.69) is 15.2 Å². The number of aromatic nitrogens is 4. The second-order valence-electron chi connectivity index (χ2n) is 9.95. The van der Waals surface area contributed by atoms with Crippen LogP contribution in [0.4, 0.5) is 5.82 Å². The van der Waals surface area contributed by atoms with Crippen molar-refractivity contribution in [2.45, 2.75) is 33.4 Å². The van der Waals surface area contributed by atoms with Gasteiger partial charge in [0.2, 0.25) is 0 Å². The number of aryl methyl sites for hydroxylation is 1. The fourth-order valence-electron chi connectivity index (χ4n) is 5.29. The molecule has 38 heavy (non-hydrogen) atoms. The van der Waals surface area contributed by atoms with Gasteiger partial charge in [-0.25, -0.2) is 4.79 Å². The lowest BCUT2D eigenvalue weighted by atomic mass is 10.1. The maximum atomic E-state index is 14.1. The molecule has 1 aliphatic rings. The number of rotatable bonds is 6. The van der Waals surface area contributed by atoms with Gasteiger partial charge >= 0.3 is 5.69 Å². The number of nitrogens with one attached hydrogen (secondary N) is 1. The van der Waals surface area contributed by atoms with Crippen molar-refractivity contribution >= 4 is 33.5 Å². The lowest BCUT2D eigenvalue weighted by Gasteiger charge is -2.25. The summed E-state index contributed by atoms with van der Waals surface area (Å²) < 4.78 is 4.43. The van der Waals surface area contributed by atoms with Crippen molar-refractivity contribution in [3.05, 3.63) is 80.3 Å². The van der Waals surface area contributed by atoms with E-state index in [-0.39, 0.29) is 23.1 Å². The van der Waals surface area contributed by atoms with Crippen LogP contribution >= 0.6 is 0 Å². The minimum absolute atomic E-state index is 0.00545. The van der Waals surface area contributed by atoms with Gasteiger partial charge in [0.15, 0.2) is 0 Å². The van der Waals surface area contributed by atoms with Gasteiger partial charge in [0, 0.05) is 44.8 Å². The molecule has 0 atom stereocenters. The summed E-state index contributed by atoms with van der Waals surface area (Å²) >= 11 is 0. The Bertz CT molecular complexity index is 1680. The Morgan fingerprint density at radius 3 is 2.63 bits per heavy atom. The van der Waals surface area contributed by atoms with Crippen LogP contribution in [-0.2, 0) is 20.1 Å². The van der Waals surface area contributed by atoms with Gasteiger partial charge < -0.3 is 20.5 Å². The Hall–Kier alpha value is -4.18. The quantitative estimate of drug-likeness (QED) is 0.379. The van der Waals surface area contributed by atoms with E-state index in [1.807, 2.05) is 54.8 Å². The molecule has 198 valence electrons. The highest BCUT2D eigenvalue weighted by atomic mass is 16.2. The second-order valence-corrected chi connectivity index (χ2v) is 9.95. The number of fused-ring (bicyclic) bond motifs is 2. The highest BCUT2D eigenvalue weighted by Crippen LogP contribution is 2.31. The number of hydrogen-bond donors (Lipinski definition) is 2. The topological polar surface area (TPSA) is 120 Å². The molecule has 3 N–H and O–H groups in total. The summed E-state index contributed by atoms with van der Waals surface area (Å²) in [6.45, 7) is 7.27. The van der Waals surface area contributed by atoms with Crippen LogP contribution in [0.1, 0.15) is 36.3 Å². The molecule has 3 aromatic heterocycles. The third-order valence-corrected chi connectivity index (χ3v) is 7.14. The number of carbonyl (C=O) groups excluding carboxylic acids is 1. The summed E-state index contributed by atoms with van der Waals surface area (Å²) in [5, 5.41) is 5.22. The number of nitrogens with two attached hydrogens (primary N) is 1. The monoisotopic (exact) mass is 515 g/mol. The Balaban J connectivity index is 1.82. The minimum Gasteiger partial charge on any atom is -0.365 e. The van der Waals surface area contributed by atoms with Crippen LogP contribution in [0.3, 0.4) is 0 Å². The normalized spacial score (nSPS) is 14.1. The summed E-state index contributed by atoms with van der Waals surface area (Å²) in [5.41, 5.74) is 7.40. The fraction of sp³-hybridized carbons (Fsp3) is 0.357. The summed E-state index contributed by atoms with van der Waals surface area (Å²) in [7, 11) is 1.59. The molecule has 5 rings (SSSR count). The van der Waals surface area contributed by atoms with Crippen molar-refractivity contribution in [2.24, 2.45) is 12.8 Å². The highest BCUT2D eigenvalue weighted by molar-refractivity contribution is 6.10. The molecule has 1 fully saturated rings. The van der Waals surface area contributed by atoms with E-state index in [1.165, 1.54) is 9.13 Å². The Labute approximate surface area is 220 Å². The van der Waals surface area contributed by atoms with Gasteiger partial charge in [-0.2, -0.15) is 0 Å². The maximum absolute atomic E-state index is 14.1. The molecule has 1 saturated heterocycles. The number of hydrogen-bond acceptors (Lipinski definition) is 6. The van der Waals surface area contributed by atoms with Gasteiger partial charge in [-0.1, -0.05) is 35.9 Å². The summed E-state index contributed by atoms with van der Waals surface area (Å²) in [5.74, 6) is -0.0807. The van der Waals surface area contributed by atoms with Crippen LogP contribution in [0, 0.1) is 0 Å². The lowest BCUT2D eigenvalue weighted by molar-refractivity contribution is 0.100. The van der Waals surface area contributed by atoms with E-state index >= 15 is 0 Å². The zero-order valence-corrected chi connectivity index (χ0v) is 22.0. The molecule has 4 heterocycles. The van der Waals surface area contributed by atoms with E-state index < -0.39 is 17.2 Å². The first kappa shape index (κ1) is 25.5. The predicted molar refractivity (Wildman–Crippen MR) is 150 cm³/mol. The van der Waals surface area contributed by atoms with Crippen molar-refractivity contribution in [2.75, 3.05) is 31.1 Å². The molecule has 4 aromatic rings. The van der Waals surface area contributed by atoms with E-state index in [1.54, 1.807) is 13.2 Å². The van der Waals surface area contributed by atoms with Crippen molar-refractivity contribution in [1.82, 2.24) is 24.0 Å². The van der Waals surface area contributed by atoms with E-state index in [9.17, 15) is 14.4 Å². The number of pyridine rings is 1. The smallest absolute Gasteiger partial charge is 0.331 e. The molecular weight excluding hydrogens is 482 g/mol. The first-order valence-electron chi connectivity index (χ1n) is 12.9. The van der Waals surface area contributed by atoms with Crippen LogP contribution < -0.4 is 27.2 Å². The molecular formula is C28H33N7O3. The third-order valence-electron chi connectivity index (χ3n) is 7.14. The largest absolute Gasteiger partial charge is 0.365 e. The first-order valence-corrected chi connectivity index (χ1v) is 12.9. The SMILES string of the molecule is CC(C)=CCn1c(N2CCCNCC2)c(C(N)=O)c2c1c(=O)n(Cc1nccc3ccccc13)c(=O)n2C. The average molecular weight is 516 g/mol. The van der Waals surface area contributed by atoms with Crippen molar-refractivity contribution in [3.63, 3.8) is 0 Å². The number of carbonyl (C=O) groups is 1. The Kier molecular flexibility index (Phi) is 6.90. The van der Waals surface area contributed by atoms with Gasteiger partial charge in [-0.05, 0) is 38.3 Å². The molecule has 0 saturated carbocycles. The van der Waals surface area contributed by atoms with Crippen LogP contribution in [0.15, 0.2) is 57.8 Å².